The van der Waals surface area contributed by atoms with Gasteiger partial charge in [-0.05, 0) is 25.0 Å². The molecule has 0 bridgehead atoms. The van der Waals surface area contributed by atoms with E-state index in [4.69, 9.17) is 0 Å². The highest BCUT2D eigenvalue weighted by atomic mass is 16.2. The first-order chi connectivity index (χ1) is 12.5. The van der Waals surface area contributed by atoms with Gasteiger partial charge in [0.15, 0.2) is 0 Å². The molecule has 0 aliphatic rings. The van der Waals surface area contributed by atoms with Gasteiger partial charge >= 0.3 is 0 Å². The van der Waals surface area contributed by atoms with Crippen LogP contribution in [0.2, 0.25) is 0 Å². The molecule has 1 aromatic heterocycles. The Hall–Kier alpha value is -3.21. The van der Waals surface area contributed by atoms with Gasteiger partial charge in [0.2, 0.25) is 0 Å². The summed E-state index contributed by atoms with van der Waals surface area (Å²) in [5.41, 5.74) is 3.43. The fourth-order valence-electron chi connectivity index (χ4n) is 3.06. The molecule has 26 heavy (non-hydrogen) atoms. The number of benzene rings is 2. The second-order valence-corrected chi connectivity index (χ2v) is 6.23. The molecule has 0 fully saturated rings. The van der Waals surface area contributed by atoms with E-state index in [0.29, 0.717) is 17.0 Å². The van der Waals surface area contributed by atoms with Crippen LogP contribution in [-0.2, 0) is 11.8 Å². The van der Waals surface area contributed by atoms with E-state index in [1.165, 1.54) is 0 Å². The Morgan fingerprint density at radius 3 is 1.85 bits per heavy atom. The van der Waals surface area contributed by atoms with Crippen molar-refractivity contribution in [1.82, 2.24) is 15.1 Å². The van der Waals surface area contributed by atoms with Gasteiger partial charge in [-0.25, -0.2) is 0 Å². The molecule has 1 heterocycles. The molecule has 0 atom stereocenters. The summed E-state index contributed by atoms with van der Waals surface area (Å²) in [7, 11) is 1.76. The van der Waals surface area contributed by atoms with E-state index in [1.54, 1.807) is 25.6 Å². The van der Waals surface area contributed by atoms with E-state index < -0.39 is 17.7 Å². The van der Waals surface area contributed by atoms with Crippen molar-refractivity contribution in [2.24, 2.45) is 7.05 Å². The van der Waals surface area contributed by atoms with Crippen molar-refractivity contribution in [3.63, 3.8) is 0 Å². The van der Waals surface area contributed by atoms with Gasteiger partial charge in [-0.2, -0.15) is 5.10 Å². The van der Waals surface area contributed by atoms with Gasteiger partial charge in [0, 0.05) is 12.7 Å². The second kappa shape index (κ2) is 7.35. The lowest BCUT2D eigenvalue weighted by atomic mass is 9.98. The van der Waals surface area contributed by atoms with Crippen molar-refractivity contribution in [3.05, 3.63) is 88.7 Å². The first-order valence-corrected chi connectivity index (χ1v) is 8.44. The largest absolute Gasteiger partial charge is 0.338 e. The fourth-order valence-corrected chi connectivity index (χ4v) is 3.06. The number of aromatic nitrogens is 2. The average Bonchev–Trinajstić information content (AvgIpc) is 2.92. The van der Waals surface area contributed by atoms with Crippen LogP contribution in [0.3, 0.4) is 0 Å². The molecule has 0 aliphatic carbocycles. The van der Waals surface area contributed by atoms with Crippen LogP contribution in [0.4, 0.5) is 0 Å². The predicted octanol–water partition coefficient (Wildman–Crippen LogP) is 3.13. The zero-order valence-corrected chi connectivity index (χ0v) is 15.1. The maximum Gasteiger partial charge on any atom is 0.293 e. The first-order valence-electron chi connectivity index (χ1n) is 8.44. The van der Waals surface area contributed by atoms with E-state index in [9.17, 15) is 9.59 Å². The standard InChI is InChI=1S/C21H21N3O2/c1-14-18(15(2)24(3)23-14)20(25)21(26)22-19(16-10-6-4-7-11-16)17-12-8-5-9-13-17/h4-13,19H,1-3H3,(H,22,26). The summed E-state index contributed by atoms with van der Waals surface area (Å²) in [5, 5.41) is 7.11. The minimum Gasteiger partial charge on any atom is -0.338 e. The van der Waals surface area contributed by atoms with Gasteiger partial charge in [-0.15, -0.1) is 0 Å². The minimum atomic E-state index is -0.637. The number of nitrogens with one attached hydrogen (secondary N) is 1. The van der Waals surface area contributed by atoms with Crippen LogP contribution in [0.1, 0.15) is 38.9 Å². The number of hydrogen-bond donors (Lipinski definition) is 1. The third-order valence-corrected chi connectivity index (χ3v) is 4.48. The lowest BCUT2D eigenvalue weighted by Crippen LogP contribution is -2.35. The van der Waals surface area contributed by atoms with Crippen molar-refractivity contribution in [3.8, 4) is 0 Å². The number of rotatable bonds is 5. The molecule has 0 radical (unpaired) electrons. The number of nitrogens with zero attached hydrogens (tertiary/aromatic N) is 2. The predicted molar refractivity (Wildman–Crippen MR) is 99.9 cm³/mol. The number of ketones is 1. The van der Waals surface area contributed by atoms with Crippen LogP contribution < -0.4 is 5.32 Å². The van der Waals surface area contributed by atoms with Gasteiger partial charge in [-0.1, -0.05) is 60.7 Å². The number of amides is 1. The van der Waals surface area contributed by atoms with Crippen LogP contribution in [0.25, 0.3) is 0 Å². The van der Waals surface area contributed by atoms with Crippen molar-refractivity contribution in [2.75, 3.05) is 0 Å². The lowest BCUT2D eigenvalue weighted by molar-refractivity contribution is -0.117. The lowest BCUT2D eigenvalue weighted by Gasteiger charge is -2.19. The maximum absolute atomic E-state index is 12.7. The van der Waals surface area contributed by atoms with E-state index >= 15 is 0 Å². The molecule has 3 rings (SSSR count). The first kappa shape index (κ1) is 17.6. The van der Waals surface area contributed by atoms with Crippen molar-refractivity contribution in [1.29, 1.82) is 0 Å². The van der Waals surface area contributed by atoms with Crippen molar-refractivity contribution in [2.45, 2.75) is 19.9 Å². The van der Waals surface area contributed by atoms with E-state index in [0.717, 1.165) is 11.1 Å². The minimum absolute atomic E-state index is 0.366. The number of carbonyl (C=O) groups excluding carboxylic acids is 2. The Kier molecular flexibility index (Phi) is 4.98. The van der Waals surface area contributed by atoms with Crippen LogP contribution in [0.5, 0.6) is 0 Å². The molecule has 3 aromatic rings. The topological polar surface area (TPSA) is 64.0 Å². The maximum atomic E-state index is 12.7. The van der Waals surface area contributed by atoms with Crippen molar-refractivity contribution >= 4 is 11.7 Å². The Balaban J connectivity index is 1.92. The summed E-state index contributed by atoms with van der Waals surface area (Å²) in [6, 6.07) is 18.8. The molecule has 2 aromatic carbocycles. The zero-order valence-electron chi connectivity index (χ0n) is 15.1. The highest BCUT2D eigenvalue weighted by Crippen LogP contribution is 2.22. The third-order valence-electron chi connectivity index (χ3n) is 4.48. The molecule has 132 valence electrons. The Labute approximate surface area is 152 Å². The molecule has 5 heteroatoms. The highest BCUT2D eigenvalue weighted by molar-refractivity contribution is 6.43. The smallest absolute Gasteiger partial charge is 0.293 e. The summed E-state index contributed by atoms with van der Waals surface area (Å²) >= 11 is 0. The molecule has 0 saturated heterocycles. The highest BCUT2D eigenvalue weighted by Gasteiger charge is 2.26. The monoisotopic (exact) mass is 347 g/mol. The molecule has 1 N–H and O–H groups in total. The number of carbonyl (C=O) groups is 2. The fraction of sp³-hybridized carbons (Fsp3) is 0.190. The van der Waals surface area contributed by atoms with Crippen LogP contribution >= 0.6 is 0 Å². The molecule has 0 aliphatic heterocycles. The van der Waals surface area contributed by atoms with Crippen molar-refractivity contribution < 1.29 is 9.59 Å². The van der Waals surface area contributed by atoms with E-state index in [2.05, 4.69) is 10.4 Å². The molecule has 5 nitrogen and oxygen atoms in total. The summed E-state index contributed by atoms with van der Waals surface area (Å²) in [4.78, 5) is 25.4. The summed E-state index contributed by atoms with van der Waals surface area (Å²) in [6.07, 6.45) is 0. The molecular formula is C21H21N3O2. The zero-order chi connectivity index (χ0) is 18.7. The summed E-state index contributed by atoms with van der Waals surface area (Å²) in [6.45, 7) is 3.52. The third kappa shape index (κ3) is 3.42. The van der Waals surface area contributed by atoms with Gasteiger partial charge in [0.1, 0.15) is 0 Å². The SMILES string of the molecule is Cc1nn(C)c(C)c1C(=O)C(=O)NC(c1ccccc1)c1ccccc1. The van der Waals surface area contributed by atoms with Gasteiger partial charge < -0.3 is 5.32 Å². The number of hydrogen-bond acceptors (Lipinski definition) is 3. The normalized spacial score (nSPS) is 10.8. The molecule has 0 unspecified atom stereocenters. The van der Waals surface area contributed by atoms with Gasteiger partial charge in [-0.3, -0.25) is 14.3 Å². The Morgan fingerprint density at radius 2 is 1.42 bits per heavy atom. The average molecular weight is 347 g/mol. The van der Waals surface area contributed by atoms with E-state index in [1.807, 2.05) is 60.7 Å². The Morgan fingerprint density at radius 1 is 0.923 bits per heavy atom. The summed E-state index contributed by atoms with van der Waals surface area (Å²) < 4.78 is 1.61. The van der Waals surface area contributed by atoms with Crippen LogP contribution in [0, 0.1) is 13.8 Å². The quantitative estimate of drug-likeness (QED) is 0.570. The van der Waals surface area contributed by atoms with E-state index in [-0.39, 0.29) is 0 Å². The van der Waals surface area contributed by atoms with Gasteiger partial charge in [0.25, 0.3) is 11.7 Å². The molecule has 1 amide bonds. The number of Topliss-reactive ketones (excluding diaryl/α,β-unsaturated/α-hetero) is 1. The number of aryl methyl sites for hydroxylation is 2. The Bertz CT molecular complexity index is 891. The van der Waals surface area contributed by atoms with Crippen LogP contribution in [-0.4, -0.2) is 21.5 Å². The van der Waals surface area contributed by atoms with Crippen LogP contribution in [0.15, 0.2) is 60.7 Å². The second-order valence-electron chi connectivity index (χ2n) is 6.23. The molecule has 0 spiro atoms. The summed E-state index contributed by atoms with van der Waals surface area (Å²) in [5.74, 6) is -1.20. The molecular weight excluding hydrogens is 326 g/mol. The van der Waals surface area contributed by atoms with Gasteiger partial charge in [0.05, 0.1) is 17.3 Å². The molecule has 0 saturated carbocycles.